The van der Waals surface area contributed by atoms with Crippen LogP contribution in [0.15, 0.2) is 18.2 Å². The second kappa shape index (κ2) is 5.30. The van der Waals surface area contributed by atoms with E-state index in [4.69, 9.17) is 4.74 Å². The molecule has 1 atom stereocenters. The minimum Gasteiger partial charge on any atom is -0.496 e. The van der Waals surface area contributed by atoms with Crippen molar-refractivity contribution in [1.29, 1.82) is 0 Å². The van der Waals surface area contributed by atoms with Gasteiger partial charge in [0.1, 0.15) is 5.75 Å². The second-order valence-electron chi connectivity index (χ2n) is 4.89. The van der Waals surface area contributed by atoms with E-state index in [2.05, 4.69) is 24.5 Å². The van der Waals surface area contributed by atoms with Gasteiger partial charge in [-0.05, 0) is 23.6 Å². The SMILES string of the molecule is COc1ccc(C(C)C)cc1C1CNC(=O)C(=O)N1. The summed E-state index contributed by atoms with van der Waals surface area (Å²) in [6.45, 7) is 4.59. The molecule has 1 aliphatic rings. The van der Waals surface area contributed by atoms with Crippen molar-refractivity contribution in [3.05, 3.63) is 29.3 Å². The number of ether oxygens (including phenoxy) is 1. The van der Waals surface area contributed by atoms with Crippen LogP contribution < -0.4 is 15.4 Å². The Morgan fingerprint density at radius 2 is 2.00 bits per heavy atom. The number of piperazine rings is 1. The molecule has 0 aromatic heterocycles. The van der Waals surface area contributed by atoms with Crippen LogP contribution in [0.4, 0.5) is 0 Å². The second-order valence-corrected chi connectivity index (χ2v) is 4.89. The molecule has 0 saturated carbocycles. The van der Waals surface area contributed by atoms with Crippen LogP contribution in [-0.2, 0) is 9.59 Å². The maximum Gasteiger partial charge on any atom is 0.309 e. The molecule has 1 fully saturated rings. The summed E-state index contributed by atoms with van der Waals surface area (Å²) in [6, 6.07) is 5.67. The average Bonchev–Trinajstić information content (AvgIpc) is 2.41. The summed E-state index contributed by atoms with van der Waals surface area (Å²) in [7, 11) is 1.59. The first-order valence-electron chi connectivity index (χ1n) is 6.29. The Balaban J connectivity index is 2.34. The first-order chi connectivity index (χ1) is 9.02. The van der Waals surface area contributed by atoms with E-state index in [0.717, 1.165) is 5.56 Å². The quantitative estimate of drug-likeness (QED) is 0.802. The highest BCUT2D eigenvalue weighted by Crippen LogP contribution is 2.29. The minimum absolute atomic E-state index is 0.251. The third-order valence-electron chi connectivity index (χ3n) is 3.27. The van der Waals surface area contributed by atoms with Crippen molar-refractivity contribution >= 4 is 11.8 Å². The van der Waals surface area contributed by atoms with E-state index in [1.165, 1.54) is 5.56 Å². The van der Waals surface area contributed by atoms with E-state index in [1.54, 1.807) is 7.11 Å². The van der Waals surface area contributed by atoms with E-state index < -0.39 is 11.8 Å². The molecule has 1 heterocycles. The maximum atomic E-state index is 11.4. The molecule has 0 spiro atoms. The molecule has 102 valence electrons. The summed E-state index contributed by atoms with van der Waals surface area (Å²) >= 11 is 0. The molecule has 2 amide bonds. The fourth-order valence-corrected chi connectivity index (χ4v) is 2.12. The zero-order chi connectivity index (χ0) is 14.0. The zero-order valence-corrected chi connectivity index (χ0v) is 11.3. The molecule has 0 radical (unpaired) electrons. The van der Waals surface area contributed by atoms with Crippen molar-refractivity contribution in [2.75, 3.05) is 13.7 Å². The number of methoxy groups -OCH3 is 1. The maximum absolute atomic E-state index is 11.4. The van der Waals surface area contributed by atoms with Gasteiger partial charge in [0, 0.05) is 12.1 Å². The normalized spacial score (nSPS) is 19.1. The number of benzene rings is 1. The summed E-state index contributed by atoms with van der Waals surface area (Å²) in [6.07, 6.45) is 0. The third-order valence-corrected chi connectivity index (χ3v) is 3.27. The summed E-state index contributed by atoms with van der Waals surface area (Å²) in [5.74, 6) is -0.0899. The number of hydrogen-bond donors (Lipinski definition) is 2. The van der Waals surface area contributed by atoms with Gasteiger partial charge in [0.2, 0.25) is 0 Å². The van der Waals surface area contributed by atoms with Gasteiger partial charge < -0.3 is 15.4 Å². The van der Waals surface area contributed by atoms with Crippen molar-refractivity contribution in [3.63, 3.8) is 0 Å². The number of hydrogen-bond acceptors (Lipinski definition) is 3. The molecule has 1 unspecified atom stereocenters. The minimum atomic E-state index is -0.603. The van der Waals surface area contributed by atoms with Crippen LogP contribution >= 0.6 is 0 Å². The number of carbonyl (C=O) groups is 2. The van der Waals surface area contributed by atoms with Crippen molar-refractivity contribution in [2.24, 2.45) is 0 Å². The van der Waals surface area contributed by atoms with Gasteiger partial charge in [0.25, 0.3) is 0 Å². The molecule has 1 aromatic carbocycles. The lowest BCUT2D eigenvalue weighted by Crippen LogP contribution is -2.51. The largest absolute Gasteiger partial charge is 0.496 e. The van der Waals surface area contributed by atoms with Gasteiger partial charge in [0.15, 0.2) is 0 Å². The van der Waals surface area contributed by atoms with E-state index >= 15 is 0 Å². The standard InChI is InChI=1S/C14H18N2O3/c1-8(2)9-4-5-12(19-3)10(6-9)11-7-15-13(17)14(18)16-11/h4-6,8,11H,7H2,1-3H3,(H,15,17)(H,16,18). The molecular weight excluding hydrogens is 244 g/mol. The molecule has 0 aliphatic carbocycles. The van der Waals surface area contributed by atoms with Crippen molar-refractivity contribution < 1.29 is 14.3 Å². The summed E-state index contributed by atoms with van der Waals surface area (Å²) in [4.78, 5) is 22.6. The van der Waals surface area contributed by atoms with Crippen LogP contribution in [0, 0.1) is 0 Å². The Morgan fingerprint density at radius 1 is 1.26 bits per heavy atom. The first-order valence-corrected chi connectivity index (χ1v) is 6.29. The molecule has 2 rings (SSSR count). The number of amides is 2. The van der Waals surface area contributed by atoms with Crippen LogP contribution in [0.5, 0.6) is 5.75 Å². The fourth-order valence-electron chi connectivity index (χ4n) is 2.12. The van der Waals surface area contributed by atoms with Crippen LogP contribution in [0.1, 0.15) is 36.9 Å². The predicted octanol–water partition coefficient (Wildman–Crippen LogP) is 1.11. The predicted molar refractivity (Wildman–Crippen MR) is 71.0 cm³/mol. The topological polar surface area (TPSA) is 67.4 Å². The highest BCUT2D eigenvalue weighted by molar-refractivity contribution is 6.35. The molecule has 1 aromatic rings. The fraction of sp³-hybridized carbons (Fsp3) is 0.429. The lowest BCUT2D eigenvalue weighted by Gasteiger charge is -2.26. The molecule has 1 aliphatic heterocycles. The Labute approximate surface area is 112 Å². The first kappa shape index (κ1) is 13.4. The van der Waals surface area contributed by atoms with Gasteiger partial charge in [-0.1, -0.05) is 19.9 Å². The Kier molecular flexibility index (Phi) is 3.74. The molecule has 2 N–H and O–H groups in total. The molecule has 5 heteroatoms. The van der Waals surface area contributed by atoms with E-state index in [-0.39, 0.29) is 6.04 Å². The van der Waals surface area contributed by atoms with Gasteiger partial charge in [-0.15, -0.1) is 0 Å². The van der Waals surface area contributed by atoms with Gasteiger partial charge in [-0.3, -0.25) is 9.59 Å². The monoisotopic (exact) mass is 262 g/mol. The zero-order valence-electron chi connectivity index (χ0n) is 11.3. The van der Waals surface area contributed by atoms with Crippen LogP contribution in [0.3, 0.4) is 0 Å². The van der Waals surface area contributed by atoms with Crippen LogP contribution in [0.25, 0.3) is 0 Å². The lowest BCUT2D eigenvalue weighted by atomic mass is 9.96. The number of nitrogens with one attached hydrogen (secondary N) is 2. The van der Waals surface area contributed by atoms with Crippen LogP contribution in [0.2, 0.25) is 0 Å². The summed E-state index contributed by atoms with van der Waals surface area (Å²) < 4.78 is 5.33. The molecule has 0 bridgehead atoms. The Hall–Kier alpha value is -2.04. The average molecular weight is 262 g/mol. The van der Waals surface area contributed by atoms with Gasteiger partial charge >= 0.3 is 11.8 Å². The van der Waals surface area contributed by atoms with Gasteiger partial charge in [0.05, 0.1) is 13.2 Å². The van der Waals surface area contributed by atoms with Gasteiger partial charge in [-0.2, -0.15) is 0 Å². The van der Waals surface area contributed by atoms with Crippen molar-refractivity contribution in [3.8, 4) is 5.75 Å². The van der Waals surface area contributed by atoms with Crippen LogP contribution in [-0.4, -0.2) is 25.5 Å². The number of carbonyl (C=O) groups excluding carboxylic acids is 2. The Bertz CT molecular complexity index is 511. The highest BCUT2D eigenvalue weighted by Gasteiger charge is 2.28. The molecular formula is C14H18N2O3. The molecule has 5 nitrogen and oxygen atoms in total. The smallest absolute Gasteiger partial charge is 0.309 e. The van der Waals surface area contributed by atoms with E-state index in [9.17, 15) is 9.59 Å². The lowest BCUT2D eigenvalue weighted by molar-refractivity contribution is -0.141. The van der Waals surface area contributed by atoms with E-state index in [0.29, 0.717) is 18.2 Å². The van der Waals surface area contributed by atoms with Crippen molar-refractivity contribution in [1.82, 2.24) is 10.6 Å². The van der Waals surface area contributed by atoms with Gasteiger partial charge in [-0.25, -0.2) is 0 Å². The molecule has 1 saturated heterocycles. The highest BCUT2D eigenvalue weighted by atomic mass is 16.5. The third kappa shape index (κ3) is 2.70. The summed E-state index contributed by atoms with van der Waals surface area (Å²) in [5, 5.41) is 5.27. The summed E-state index contributed by atoms with van der Waals surface area (Å²) in [5.41, 5.74) is 2.06. The number of rotatable bonds is 3. The van der Waals surface area contributed by atoms with Crippen molar-refractivity contribution in [2.45, 2.75) is 25.8 Å². The molecule has 19 heavy (non-hydrogen) atoms. The Morgan fingerprint density at radius 3 is 2.58 bits per heavy atom. The van der Waals surface area contributed by atoms with E-state index in [1.807, 2.05) is 18.2 Å².